The van der Waals surface area contributed by atoms with Crippen molar-refractivity contribution >= 4 is 12.4 Å². The molecule has 1 aromatic carbocycles. The molecule has 1 saturated carbocycles. The Morgan fingerprint density at radius 3 is 2.44 bits per heavy atom. The molecule has 1 aliphatic carbocycles. The third-order valence-electron chi connectivity index (χ3n) is 5.64. The summed E-state index contributed by atoms with van der Waals surface area (Å²) in [6.45, 7) is 2.21. The van der Waals surface area contributed by atoms with Crippen LogP contribution in [0.1, 0.15) is 42.7 Å². The van der Waals surface area contributed by atoms with Crippen LogP contribution < -0.4 is 10.1 Å². The number of aromatic nitrogens is 1. The molecule has 2 aliphatic rings. The van der Waals surface area contributed by atoms with Gasteiger partial charge in [0.05, 0.1) is 5.56 Å². The summed E-state index contributed by atoms with van der Waals surface area (Å²) in [5, 5.41) is 3.42. The van der Waals surface area contributed by atoms with Crippen LogP contribution in [0.5, 0.6) is 11.6 Å². The van der Waals surface area contributed by atoms with E-state index < -0.39 is 11.7 Å². The minimum Gasteiger partial charge on any atom is -0.439 e. The van der Waals surface area contributed by atoms with E-state index in [1.54, 1.807) is 0 Å². The van der Waals surface area contributed by atoms with Crippen molar-refractivity contribution in [2.24, 2.45) is 5.41 Å². The molecule has 1 N–H and O–H groups in total. The third-order valence-corrected chi connectivity index (χ3v) is 5.64. The van der Waals surface area contributed by atoms with Gasteiger partial charge in [-0.3, -0.25) is 0 Å². The third kappa shape index (κ3) is 4.38. The first kappa shape index (κ1) is 20.0. The molecule has 2 aromatic rings. The van der Waals surface area contributed by atoms with Gasteiger partial charge in [-0.15, -0.1) is 12.4 Å². The Bertz CT molecular complexity index is 766. The summed E-state index contributed by atoms with van der Waals surface area (Å²) in [5.74, 6) is 1.32. The number of ether oxygens (including phenoxy) is 1. The fourth-order valence-electron chi connectivity index (χ4n) is 4.15. The van der Waals surface area contributed by atoms with Crippen LogP contribution in [0, 0.1) is 5.41 Å². The van der Waals surface area contributed by atoms with Gasteiger partial charge in [0.2, 0.25) is 5.88 Å². The molecule has 3 nitrogen and oxygen atoms in total. The van der Waals surface area contributed by atoms with Gasteiger partial charge in [-0.05, 0) is 73.9 Å². The zero-order chi connectivity index (χ0) is 18.2. The van der Waals surface area contributed by atoms with Gasteiger partial charge in [0.1, 0.15) is 5.75 Å². The summed E-state index contributed by atoms with van der Waals surface area (Å²) in [6, 6.07) is 10.1. The summed E-state index contributed by atoms with van der Waals surface area (Å²) < 4.78 is 43.5. The second-order valence-electron chi connectivity index (χ2n) is 7.41. The Hall–Kier alpha value is -1.79. The summed E-state index contributed by atoms with van der Waals surface area (Å²) in [7, 11) is 0. The molecular formula is C20H22ClF3N2O. The van der Waals surface area contributed by atoms with Gasteiger partial charge in [0.25, 0.3) is 0 Å². The Kier molecular flexibility index (Phi) is 5.68. The second-order valence-corrected chi connectivity index (χ2v) is 7.41. The molecule has 0 unspecified atom stereocenters. The van der Waals surface area contributed by atoms with Gasteiger partial charge >= 0.3 is 6.18 Å². The average Bonchev–Trinajstić information content (AvgIpc) is 2.60. The molecule has 1 aromatic heterocycles. The number of rotatable bonds is 3. The highest BCUT2D eigenvalue weighted by atomic mass is 35.5. The van der Waals surface area contributed by atoms with Crippen molar-refractivity contribution in [1.82, 2.24) is 10.3 Å². The van der Waals surface area contributed by atoms with E-state index in [0.717, 1.165) is 25.4 Å². The molecule has 0 atom stereocenters. The zero-order valence-corrected chi connectivity index (χ0v) is 15.6. The molecule has 4 rings (SSSR count). The van der Waals surface area contributed by atoms with E-state index in [2.05, 4.69) is 16.4 Å². The highest BCUT2D eigenvalue weighted by molar-refractivity contribution is 5.85. The number of pyridine rings is 1. The fourth-order valence-corrected chi connectivity index (χ4v) is 4.15. The zero-order valence-electron chi connectivity index (χ0n) is 14.8. The molecule has 1 spiro atoms. The summed E-state index contributed by atoms with van der Waals surface area (Å²) in [4.78, 5) is 3.77. The van der Waals surface area contributed by atoms with Crippen molar-refractivity contribution in [2.45, 2.75) is 37.8 Å². The molecule has 0 bridgehead atoms. The lowest BCUT2D eigenvalue weighted by Crippen LogP contribution is -2.44. The fraction of sp³-hybridized carbons (Fsp3) is 0.450. The number of hydrogen-bond donors (Lipinski definition) is 1. The highest BCUT2D eigenvalue weighted by Gasteiger charge is 2.44. The Morgan fingerprint density at radius 1 is 1.07 bits per heavy atom. The van der Waals surface area contributed by atoms with Gasteiger partial charge in [-0.25, -0.2) is 4.98 Å². The SMILES string of the molecule is Cl.FC(F)(F)c1ccc(Oc2cccc(C3CC4(CCNCC4)C3)c2)nc1. The van der Waals surface area contributed by atoms with E-state index in [4.69, 9.17) is 4.74 Å². The van der Waals surface area contributed by atoms with Crippen LogP contribution in [0.25, 0.3) is 0 Å². The van der Waals surface area contributed by atoms with E-state index in [0.29, 0.717) is 17.1 Å². The van der Waals surface area contributed by atoms with E-state index in [9.17, 15) is 13.2 Å². The van der Waals surface area contributed by atoms with Crippen LogP contribution in [0.2, 0.25) is 0 Å². The largest absolute Gasteiger partial charge is 0.439 e. The predicted octanol–water partition coefficient (Wildman–Crippen LogP) is 5.56. The first-order valence-corrected chi connectivity index (χ1v) is 8.95. The molecular weight excluding hydrogens is 377 g/mol. The molecule has 1 aliphatic heterocycles. The van der Waals surface area contributed by atoms with Crippen LogP contribution >= 0.6 is 12.4 Å². The number of alkyl halides is 3. The van der Waals surface area contributed by atoms with Crippen LogP contribution in [0.4, 0.5) is 13.2 Å². The van der Waals surface area contributed by atoms with Crippen molar-refractivity contribution in [3.8, 4) is 11.6 Å². The molecule has 146 valence electrons. The van der Waals surface area contributed by atoms with Crippen LogP contribution in [0.15, 0.2) is 42.6 Å². The Labute approximate surface area is 162 Å². The Morgan fingerprint density at radius 2 is 1.81 bits per heavy atom. The molecule has 0 amide bonds. The number of nitrogens with one attached hydrogen (secondary N) is 1. The Balaban J connectivity index is 0.00000210. The van der Waals surface area contributed by atoms with E-state index in [1.807, 2.05) is 18.2 Å². The van der Waals surface area contributed by atoms with Crippen molar-refractivity contribution in [2.75, 3.05) is 13.1 Å². The number of benzene rings is 1. The number of halogens is 4. The van der Waals surface area contributed by atoms with E-state index >= 15 is 0 Å². The standard InChI is InChI=1S/C20H21F3N2O.ClH/c21-20(22,23)16-4-5-18(25-13-16)26-17-3-1-2-14(10-17)15-11-19(12-15)6-8-24-9-7-19;/h1-5,10,13,15,24H,6-9,11-12H2;1H. The highest BCUT2D eigenvalue weighted by Crippen LogP contribution is 2.56. The quantitative estimate of drug-likeness (QED) is 0.734. The van der Waals surface area contributed by atoms with E-state index in [-0.39, 0.29) is 18.3 Å². The van der Waals surface area contributed by atoms with Crippen LogP contribution in [0.3, 0.4) is 0 Å². The lowest BCUT2D eigenvalue weighted by Gasteiger charge is -2.50. The molecule has 1 saturated heterocycles. The van der Waals surface area contributed by atoms with Crippen molar-refractivity contribution in [3.63, 3.8) is 0 Å². The van der Waals surface area contributed by atoms with Crippen molar-refractivity contribution < 1.29 is 17.9 Å². The number of piperidine rings is 1. The van der Waals surface area contributed by atoms with Crippen LogP contribution in [-0.4, -0.2) is 18.1 Å². The minimum absolute atomic E-state index is 0. The van der Waals surface area contributed by atoms with Crippen LogP contribution in [-0.2, 0) is 6.18 Å². The van der Waals surface area contributed by atoms with Crippen molar-refractivity contribution in [1.29, 1.82) is 0 Å². The molecule has 27 heavy (non-hydrogen) atoms. The number of nitrogens with zero attached hydrogens (tertiary/aromatic N) is 1. The molecule has 0 radical (unpaired) electrons. The maximum atomic E-state index is 12.6. The molecule has 2 fully saturated rings. The van der Waals surface area contributed by atoms with Gasteiger partial charge in [-0.2, -0.15) is 13.2 Å². The lowest BCUT2D eigenvalue weighted by molar-refractivity contribution is -0.137. The maximum Gasteiger partial charge on any atom is 0.417 e. The van der Waals surface area contributed by atoms with Gasteiger partial charge in [0.15, 0.2) is 0 Å². The summed E-state index contributed by atoms with van der Waals surface area (Å²) in [5.41, 5.74) is 0.959. The molecule has 2 heterocycles. The first-order chi connectivity index (χ1) is 12.4. The van der Waals surface area contributed by atoms with Gasteiger partial charge < -0.3 is 10.1 Å². The monoisotopic (exact) mass is 398 g/mol. The van der Waals surface area contributed by atoms with E-state index in [1.165, 1.54) is 37.3 Å². The average molecular weight is 399 g/mol. The smallest absolute Gasteiger partial charge is 0.417 e. The van der Waals surface area contributed by atoms with Crippen molar-refractivity contribution in [3.05, 3.63) is 53.7 Å². The minimum atomic E-state index is -4.39. The molecule has 7 heteroatoms. The topological polar surface area (TPSA) is 34.1 Å². The van der Waals surface area contributed by atoms with Gasteiger partial charge in [-0.1, -0.05) is 12.1 Å². The summed E-state index contributed by atoms with van der Waals surface area (Å²) >= 11 is 0. The first-order valence-electron chi connectivity index (χ1n) is 8.95. The van der Waals surface area contributed by atoms with Gasteiger partial charge in [0, 0.05) is 12.3 Å². The normalized spacial score (nSPS) is 19.2. The lowest BCUT2D eigenvalue weighted by atomic mass is 9.56. The summed E-state index contributed by atoms with van der Waals surface area (Å²) in [6.07, 6.45) is 1.31. The number of hydrogen-bond acceptors (Lipinski definition) is 3. The maximum absolute atomic E-state index is 12.6. The second kappa shape index (κ2) is 7.68. The predicted molar refractivity (Wildman–Crippen MR) is 99.5 cm³/mol.